The minimum absolute atomic E-state index is 0.0756. The predicted octanol–water partition coefficient (Wildman–Crippen LogP) is 3.03. The van der Waals surface area contributed by atoms with Gasteiger partial charge in [-0.25, -0.2) is 8.42 Å². The highest BCUT2D eigenvalue weighted by molar-refractivity contribution is 7.89. The second kappa shape index (κ2) is 10.7. The van der Waals surface area contributed by atoms with E-state index in [2.05, 4.69) is 5.32 Å². The molecule has 2 aromatic carbocycles. The summed E-state index contributed by atoms with van der Waals surface area (Å²) >= 11 is 0. The summed E-state index contributed by atoms with van der Waals surface area (Å²) in [5.74, 6) is -0.131. The van der Waals surface area contributed by atoms with Crippen LogP contribution in [-0.4, -0.2) is 43.4 Å². The van der Waals surface area contributed by atoms with Gasteiger partial charge >= 0.3 is 0 Å². The second-order valence-corrected chi connectivity index (χ2v) is 9.62. The lowest BCUT2D eigenvalue weighted by Crippen LogP contribution is -2.35. The highest BCUT2D eigenvalue weighted by Crippen LogP contribution is 2.22. The number of rotatable bonds is 9. The van der Waals surface area contributed by atoms with Crippen LogP contribution in [0, 0.1) is 0 Å². The molecule has 1 atom stereocenters. The van der Waals surface area contributed by atoms with Crippen LogP contribution in [0.3, 0.4) is 0 Å². The maximum atomic E-state index is 12.7. The Kier molecular flexibility index (Phi) is 8.01. The standard InChI is InChI=1S/C23H30N2O4S/c26-17-7-10-22(20-8-3-1-4-9-20)24-23(27)18-19-11-13-21(14-12-19)30(28,29)25-15-5-2-6-16-25/h1,3-4,8-9,11-14,22,26H,2,5-7,10,15-18H2,(H,24,27)/t22-/m1/s1. The molecular weight excluding hydrogens is 400 g/mol. The Hall–Kier alpha value is -2.22. The van der Waals surface area contributed by atoms with Gasteiger partial charge in [-0.1, -0.05) is 48.9 Å². The molecule has 1 amide bonds. The zero-order chi connectivity index (χ0) is 21.4. The molecule has 1 saturated heterocycles. The molecule has 0 aliphatic carbocycles. The summed E-state index contributed by atoms with van der Waals surface area (Å²) in [7, 11) is -3.46. The number of aliphatic hydroxyl groups is 1. The van der Waals surface area contributed by atoms with E-state index in [4.69, 9.17) is 5.11 Å². The molecule has 0 aromatic heterocycles. The quantitative estimate of drug-likeness (QED) is 0.640. The number of hydrogen-bond donors (Lipinski definition) is 2. The van der Waals surface area contributed by atoms with E-state index in [0.717, 1.165) is 30.4 Å². The van der Waals surface area contributed by atoms with Crippen molar-refractivity contribution in [3.05, 3.63) is 65.7 Å². The first-order valence-corrected chi connectivity index (χ1v) is 12.0. The van der Waals surface area contributed by atoms with Crippen molar-refractivity contribution in [2.24, 2.45) is 0 Å². The van der Waals surface area contributed by atoms with E-state index in [9.17, 15) is 13.2 Å². The van der Waals surface area contributed by atoms with Crippen LogP contribution in [0.2, 0.25) is 0 Å². The third-order valence-electron chi connectivity index (χ3n) is 5.43. The molecule has 162 valence electrons. The van der Waals surface area contributed by atoms with Crippen molar-refractivity contribution in [1.82, 2.24) is 9.62 Å². The van der Waals surface area contributed by atoms with E-state index in [1.165, 1.54) is 0 Å². The molecule has 1 heterocycles. The lowest BCUT2D eigenvalue weighted by molar-refractivity contribution is -0.121. The van der Waals surface area contributed by atoms with Crippen LogP contribution in [0.15, 0.2) is 59.5 Å². The van der Waals surface area contributed by atoms with Gasteiger partial charge in [0.15, 0.2) is 0 Å². The van der Waals surface area contributed by atoms with E-state index < -0.39 is 10.0 Å². The molecule has 1 fully saturated rings. The Balaban J connectivity index is 1.63. The first-order valence-electron chi connectivity index (χ1n) is 10.5. The van der Waals surface area contributed by atoms with E-state index >= 15 is 0 Å². The van der Waals surface area contributed by atoms with Gasteiger partial charge in [-0.2, -0.15) is 4.31 Å². The average Bonchev–Trinajstić information content (AvgIpc) is 2.78. The van der Waals surface area contributed by atoms with E-state index in [-0.39, 0.29) is 29.9 Å². The Morgan fingerprint density at radius 3 is 2.30 bits per heavy atom. The van der Waals surface area contributed by atoms with Gasteiger partial charge < -0.3 is 10.4 Å². The molecule has 2 aromatic rings. The molecule has 1 aliphatic heterocycles. The zero-order valence-corrected chi connectivity index (χ0v) is 18.0. The Morgan fingerprint density at radius 2 is 1.67 bits per heavy atom. The van der Waals surface area contributed by atoms with E-state index in [0.29, 0.717) is 25.9 Å². The molecule has 6 nitrogen and oxygen atoms in total. The summed E-state index contributed by atoms with van der Waals surface area (Å²) in [6.45, 7) is 1.22. The van der Waals surface area contributed by atoms with Crippen LogP contribution in [0.4, 0.5) is 0 Å². The molecule has 1 aliphatic rings. The third kappa shape index (κ3) is 5.90. The van der Waals surface area contributed by atoms with Gasteiger partial charge in [-0.15, -0.1) is 0 Å². The minimum Gasteiger partial charge on any atom is -0.396 e. The lowest BCUT2D eigenvalue weighted by atomic mass is 10.0. The van der Waals surface area contributed by atoms with Crippen molar-refractivity contribution in [3.63, 3.8) is 0 Å². The van der Waals surface area contributed by atoms with Gasteiger partial charge in [0.2, 0.25) is 15.9 Å². The number of piperidine rings is 1. The highest BCUT2D eigenvalue weighted by Gasteiger charge is 2.25. The largest absolute Gasteiger partial charge is 0.396 e. The number of sulfonamides is 1. The topological polar surface area (TPSA) is 86.7 Å². The fraction of sp³-hybridized carbons (Fsp3) is 0.435. The van der Waals surface area contributed by atoms with E-state index in [1.807, 2.05) is 30.3 Å². The molecule has 30 heavy (non-hydrogen) atoms. The van der Waals surface area contributed by atoms with Gasteiger partial charge in [-0.3, -0.25) is 4.79 Å². The third-order valence-corrected chi connectivity index (χ3v) is 7.34. The highest BCUT2D eigenvalue weighted by atomic mass is 32.2. The van der Waals surface area contributed by atoms with Crippen LogP contribution in [0.1, 0.15) is 49.3 Å². The maximum absolute atomic E-state index is 12.7. The van der Waals surface area contributed by atoms with Crippen LogP contribution in [-0.2, 0) is 21.2 Å². The Morgan fingerprint density at radius 1 is 1.00 bits per heavy atom. The zero-order valence-electron chi connectivity index (χ0n) is 17.2. The molecule has 2 N–H and O–H groups in total. The SMILES string of the molecule is O=C(Cc1ccc(S(=O)(=O)N2CCCCC2)cc1)N[C@H](CCCO)c1ccccc1. The van der Waals surface area contributed by atoms with Crippen LogP contribution in [0.25, 0.3) is 0 Å². The first-order chi connectivity index (χ1) is 14.5. The Labute approximate surface area is 179 Å². The summed E-state index contributed by atoms with van der Waals surface area (Å²) in [4.78, 5) is 12.9. The Bertz CT molecular complexity index is 908. The predicted molar refractivity (Wildman–Crippen MR) is 116 cm³/mol. The lowest BCUT2D eigenvalue weighted by Gasteiger charge is -2.25. The van der Waals surface area contributed by atoms with Crippen molar-refractivity contribution in [1.29, 1.82) is 0 Å². The number of nitrogens with zero attached hydrogens (tertiary/aromatic N) is 1. The van der Waals surface area contributed by atoms with Crippen molar-refractivity contribution in [3.8, 4) is 0 Å². The summed E-state index contributed by atoms with van der Waals surface area (Å²) in [5.41, 5.74) is 1.77. The first kappa shape index (κ1) is 22.5. The normalized spacial score (nSPS) is 16.2. The van der Waals surface area contributed by atoms with Crippen molar-refractivity contribution >= 4 is 15.9 Å². The molecule has 0 radical (unpaired) electrons. The molecule has 0 unspecified atom stereocenters. The summed E-state index contributed by atoms with van der Waals surface area (Å²) < 4.78 is 27.0. The minimum atomic E-state index is -3.46. The number of benzene rings is 2. The van der Waals surface area contributed by atoms with Gasteiger partial charge in [0.1, 0.15) is 0 Å². The molecule has 3 rings (SSSR count). The van der Waals surface area contributed by atoms with Gasteiger partial charge in [0.05, 0.1) is 17.4 Å². The number of nitrogens with one attached hydrogen (secondary N) is 1. The fourth-order valence-corrected chi connectivity index (χ4v) is 5.28. The molecule has 0 bridgehead atoms. The van der Waals surface area contributed by atoms with Gasteiger partial charge in [0.25, 0.3) is 0 Å². The molecule has 0 saturated carbocycles. The molecule has 0 spiro atoms. The van der Waals surface area contributed by atoms with Crippen molar-refractivity contribution in [2.75, 3.05) is 19.7 Å². The van der Waals surface area contributed by atoms with E-state index in [1.54, 1.807) is 28.6 Å². The number of carbonyl (C=O) groups is 1. The smallest absolute Gasteiger partial charge is 0.243 e. The summed E-state index contributed by atoms with van der Waals surface area (Å²) in [5, 5.41) is 12.2. The van der Waals surface area contributed by atoms with Crippen LogP contribution in [0.5, 0.6) is 0 Å². The fourth-order valence-electron chi connectivity index (χ4n) is 3.77. The summed E-state index contributed by atoms with van der Waals surface area (Å²) in [6, 6.07) is 16.1. The van der Waals surface area contributed by atoms with Crippen LogP contribution < -0.4 is 5.32 Å². The van der Waals surface area contributed by atoms with Crippen molar-refractivity contribution in [2.45, 2.75) is 49.5 Å². The van der Waals surface area contributed by atoms with Gasteiger partial charge in [0, 0.05) is 19.7 Å². The van der Waals surface area contributed by atoms with Crippen molar-refractivity contribution < 1.29 is 18.3 Å². The average molecular weight is 431 g/mol. The molecule has 7 heteroatoms. The molecular formula is C23H30N2O4S. The van der Waals surface area contributed by atoms with Crippen LogP contribution >= 0.6 is 0 Å². The number of carbonyl (C=O) groups excluding carboxylic acids is 1. The number of hydrogen-bond acceptors (Lipinski definition) is 4. The van der Waals surface area contributed by atoms with Gasteiger partial charge in [-0.05, 0) is 48.9 Å². The number of aliphatic hydroxyl groups excluding tert-OH is 1. The summed E-state index contributed by atoms with van der Waals surface area (Å²) in [6.07, 6.45) is 4.30. The monoisotopic (exact) mass is 430 g/mol. The second-order valence-electron chi connectivity index (χ2n) is 7.68. The number of amides is 1. The maximum Gasteiger partial charge on any atom is 0.243 e.